The van der Waals surface area contributed by atoms with Crippen molar-refractivity contribution in [2.24, 2.45) is 10.1 Å². The summed E-state index contributed by atoms with van der Waals surface area (Å²) in [7, 11) is 0. The van der Waals surface area contributed by atoms with E-state index in [-0.39, 0.29) is 21.9 Å². The summed E-state index contributed by atoms with van der Waals surface area (Å²) >= 11 is 18.9. The SMILES string of the molecule is Cc1ccc(C(C)C)c(N2C(=O)C(Cl)(Cl)S/C2=N\C(=S)N/N=C/c2ccc(-c3ncn(-c4ccc(OC(F)(F)F)cc4)n3)cc2)c1. The van der Waals surface area contributed by atoms with Crippen molar-refractivity contribution < 1.29 is 22.7 Å². The Hall–Kier alpha value is -3.98. The molecule has 3 aromatic carbocycles. The molecule has 1 amide bonds. The van der Waals surface area contributed by atoms with Crippen LogP contribution in [0.4, 0.5) is 18.9 Å². The summed E-state index contributed by atoms with van der Waals surface area (Å²) in [6.45, 7) is 5.96. The van der Waals surface area contributed by atoms with Crippen LogP contribution in [0.25, 0.3) is 17.1 Å². The zero-order chi connectivity index (χ0) is 33.2. The first-order valence-electron chi connectivity index (χ1n) is 13.5. The number of hydrazone groups is 1. The van der Waals surface area contributed by atoms with E-state index in [1.165, 1.54) is 46.4 Å². The van der Waals surface area contributed by atoms with Gasteiger partial charge in [-0.05, 0) is 83.8 Å². The van der Waals surface area contributed by atoms with Gasteiger partial charge in [0.1, 0.15) is 12.1 Å². The summed E-state index contributed by atoms with van der Waals surface area (Å²) in [5.41, 5.74) is 7.12. The van der Waals surface area contributed by atoms with Gasteiger partial charge < -0.3 is 4.74 Å². The Labute approximate surface area is 281 Å². The van der Waals surface area contributed by atoms with E-state index in [9.17, 15) is 18.0 Å². The Morgan fingerprint density at radius 2 is 1.80 bits per heavy atom. The largest absolute Gasteiger partial charge is 0.573 e. The number of nitrogens with zero attached hydrogens (tertiary/aromatic N) is 6. The molecule has 0 saturated carbocycles. The predicted octanol–water partition coefficient (Wildman–Crippen LogP) is 7.74. The molecule has 1 aliphatic heterocycles. The Morgan fingerprint density at radius 3 is 2.46 bits per heavy atom. The second-order valence-electron chi connectivity index (χ2n) is 10.2. The van der Waals surface area contributed by atoms with Crippen LogP contribution in [-0.2, 0) is 4.79 Å². The van der Waals surface area contributed by atoms with Crippen LogP contribution in [0.5, 0.6) is 5.75 Å². The van der Waals surface area contributed by atoms with Crippen LogP contribution in [0.2, 0.25) is 0 Å². The number of aryl methyl sites for hydroxylation is 1. The molecule has 1 aliphatic rings. The number of amides is 1. The van der Waals surface area contributed by atoms with Crippen LogP contribution >= 0.6 is 47.2 Å². The first kappa shape index (κ1) is 33.4. The number of hydrogen-bond acceptors (Lipinski definition) is 7. The van der Waals surface area contributed by atoms with Crippen molar-refractivity contribution in [3.8, 4) is 22.8 Å². The number of thiocarbonyl (C=S) groups is 1. The third kappa shape index (κ3) is 7.86. The standard InChI is InChI=1S/C30H24Cl2F3N7O2S2/c1-17(2)23-13-4-18(3)14-24(23)42-26(43)29(31,32)46-28(42)38-27(45)39-37-15-19-5-7-20(8-6-19)25-36-16-41(40-25)21-9-11-22(12-10-21)44-30(33,34)35/h4-17H,1-3H3,(H,39,45)/b37-15+,38-28-. The number of nitrogens with one attached hydrogen (secondary N) is 1. The third-order valence-electron chi connectivity index (χ3n) is 6.48. The number of thioether (sulfide) groups is 1. The van der Waals surface area contributed by atoms with Gasteiger partial charge in [0.05, 0.1) is 17.6 Å². The monoisotopic (exact) mass is 705 g/mol. The maximum absolute atomic E-state index is 13.2. The topological polar surface area (TPSA) is 97.0 Å². The highest BCUT2D eigenvalue weighted by molar-refractivity contribution is 8.19. The lowest BCUT2D eigenvalue weighted by molar-refractivity contribution is -0.274. The molecule has 1 aromatic heterocycles. The van der Waals surface area contributed by atoms with Gasteiger partial charge in [0, 0.05) is 5.56 Å². The molecule has 2 heterocycles. The minimum Gasteiger partial charge on any atom is -0.406 e. The maximum atomic E-state index is 13.2. The van der Waals surface area contributed by atoms with E-state index in [1.807, 2.05) is 39.0 Å². The zero-order valence-corrected chi connectivity index (χ0v) is 27.4. The highest BCUT2D eigenvalue weighted by Crippen LogP contribution is 2.47. The van der Waals surface area contributed by atoms with Crippen molar-refractivity contribution in [2.45, 2.75) is 36.7 Å². The number of benzene rings is 3. The summed E-state index contributed by atoms with van der Waals surface area (Å²) in [6, 6.07) is 18.2. The number of carbonyl (C=O) groups excluding carboxylic acids is 1. The Balaban J connectivity index is 1.25. The molecule has 0 aliphatic carbocycles. The van der Waals surface area contributed by atoms with E-state index in [2.05, 4.69) is 30.3 Å². The first-order chi connectivity index (χ1) is 21.7. The summed E-state index contributed by atoms with van der Waals surface area (Å²) in [6.07, 6.45) is -1.78. The van der Waals surface area contributed by atoms with E-state index < -0.39 is 15.9 Å². The Morgan fingerprint density at radius 1 is 1.11 bits per heavy atom. The fourth-order valence-corrected chi connectivity index (χ4v) is 5.95. The summed E-state index contributed by atoms with van der Waals surface area (Å²) in [5.74, 6) is -0.344. The molecule has 1 N–H and O–H groups in total. The Bertz CT molecular complexity index is 1830. The molecule has 4 aromatic rings. The molecule has 16 heteroatoms. The molecular weight excluding hydrogens is 682 g/mol. The van der Waals surface area contributed by atoms with Gasteiger partial charge in [-0.15, -0.1) is 18.3 Å². The van der Waals surface area contributed by atoms with Gasteiger partial charge in [-0.3, -0.25) is 15.1 Å². The van der Waals surface area contributed by atoms with Gasteiger partial charge in [-0.25, -0.2) is 9.67 Å². The van der Waals surface area contributed by atoms with Crippen molar-refractivity contribution >= 4 is 75.3 Å². The molecule has 238 valence electrons. The predicted molar refractivity (Wildman–Crippen MR) is 179 cm³/mol. The number of amidine groups is 1. The number of ether oxygens (including phenoxy) is 1. The van der Waals surface area contributed by atoms with Crippen LogP contribution in [-0.4, -0.2) is 47.2 Å². The lowest BCUT2D eigenvalue weighted by Gasteiger charge is -2.22. The normalized spacial score (nSPS) is 15.7. The minimum absolute atomic E-state index is 0.00862. The minimum atomic E-state index is -4.77. The van der Waals surface area contributed by atoms with Crippen molar-refractivity contribution in [1.29, 1.82) is 0 Å². The fourth-order valence-electron chi connectivity index (χ4n) is 4.35. The van der Waals surface area contributed by atoms with Crippen molar-refractivity contribution in [2.75, 3.05) is 4.90 Å². The number of alkyl halides is 5. The molecule has 0 spiro atoms. The molecule has 0 unspecified atom stereocenters. The van der Waals surface area contributed by atoms with Gasteiger partial charge in [0.2, 0.25) is 8.78 Å². The molecule has 0 bridgehead atoms. The van der Waals surface area contributed by atoms with Crippen LogP contribution in [0.1, 0.15) is 36.5 Å². The molecular formula is C30H24Cl2F3N7O2S2. The highest BCUT2D eigenvalue weighted by Gasteiger charge is 2.50. The van der Waals surface area contributed by atoms with E-state index in [4.69, 9.17) is 35.4 Å². The number of rotatable bonds is 7. The molecule has 9 nitrogen and oxygen atoms in total. The van der Waals surface area contributed by atoms with Gasteiger partial charge in [0.25, 0.3) is 5.91 Å². The van der Waals surface area contributed by atoms with E-state index >= 15 is 0 Å². The van der Waals surface area contributed by atoms with Gasteiger partial charge in [-0.2, -0.15) is 10.1 Å². The van der Waals surface area contributed by atoms with Crippen LogP contribution in [0, 0.1) is 6.92 Å². The summed E-state index contributed by atoms with van der Waals surface area (Å²) in [4.78, 5) is 23.2. The average molecular weight is 707 g/mol. The number of aliphatic imine (C=N–C) groups is 1. The molecule has 0 atom stereocenters. The quantitative estimate of drug-likeness (QED) is 0.0909. The maximum Gasteiger partial charge on any atom is 0.573 e. The number of carbonyl (C=O) groups is 1. The smallest absolute Gasteiger partial charge is 0.406 e. The Kier molecular flexibility index (Phi) is 9.73. The zero-order valence-electron chi connectivity index (χ0n) is 24.3. The first-order valence-corrected chi connectivity index (χ1v) is 15.5. The van der Waals surface area contributed by atoms with Gasteiger partial charge in [-0.1, -0.05) is 73.4 Å². The second-order valence-corrected chi connectivity index (χ2v) is 13.6. The van der Waals surface area contributed by atoms with Crippen molar-refractivity contribution in [1.82, 2.24) is 20.2 Å². The number of halogens is 5. The highest BCUT2D eigenvalue weighted by atomic mass is 35.5. The van der Waals surface area contributed by atoms with Crippen molar-refractivity contribution in [3.05, 3.63) is 89.7 Å². The van der Waals surface area contributed by atoms with E-state index in [1.54, 1.807) is 24.3 Å². The molecule has 1 saturated heterocycles. The van der Waals surface area contributed by atoms with E-state index in [0.29, 0.717) is 22.8 Å². The van der Waals surface area contributed by atoms with Gasteiger partial charge >= 0.3 is 6.36 Å². The summed E-state index contributed by atoms with van der Waals surface area (Å²) < 4.78 is 40.8. The van der Waals surface area contributed by atoms with Crippen LogP contribution < -0.4 is 15.1 Å². The number of anilines is 1. The second kappa shape index (κ2) is 13.4. The average Bonchev–Trinajstić information content (AvgIpc) is 3.55. The van der Waals surface area contributed by atoms with E-state index in [0.717, 1.165) is 28.5 Å². The molecule has 0 radical (unpaired) electrons. The lowest BCUT2D eigenvalue weighted by Crippen LogP contribution is -2.35. The third-order valence-corrected chi connectivity index (χ3v) is 8.33. The fraction of sp³-hybridized carbons (Fsp3) is 0.200. The summed E-state index contributed by atoms with van der Waals surface area (Å²) in [5, 5.41) is 8.76. The van der Waals surface area contributed by atoms with Crippen LogP contribution in [0.3, 0.4) is 0 Å². The molecule has 46 heavy (non-hydrogen) atoms. The van der Waals surface area contributed by atoms with Crippen LogP contribution in [0.15, 0.2) is 83.2 Å². The van der Waals surface area contributed by atoms with Crippen molar-refractivity contribution in [3.63, 3.8) is 0 Å². The van der Waals surface area contributed by atoms with Gasteiger partial charge in [0.15, 0.2) is 11.0 Å². The molecule has 5 rings (SSSR count). The molecule has 1 fully saturated rings. The lowest BCUT2D eigenvalue weighted by atomic mass is 9.99. The number of hydrogen-bond donors (Lipinski definition) is 1. The number of aromatic nitrogens is 3.